The highest BCUT2D eigenvalue weighted by molar-refractivity contribution is 7.99. The zero-order chi connectivity index (χ0) is 15.3. The number of thioether (sulfide) groups is 1. The van der Waals surface area contributed by atoms with E-state index < -0.39 is 22.8 Å². The van der Waals surface area contributed by atoms with Gasteiger partial charge in [0.2, 0.25) is 5.91 Å². The molecule has 0 aromatic carbocycles. The minimum Gasteiger partial charge on any atom is -0.480 e. The third-order valence-electron chi connectivity index (χ3n) is 2.32. The standard InChI is InChI=1S/C11H13N3O5S/c1-6-4-12-10(3-9(6)14(18)19)20-5-8(11(16)17)13-7(2)15/h3-4,8H,5H2,1-2H3,(H,13,15)(H,16,17). The first-order valence-corrected chi connectivity index (χ1v) is 6.53. The fourth-order valence-electron chi connectivity index (χ4n) is 1.36. The van der Waals surface area contributed by atoms with Gasteiger partial charge in [-0.15, -0.1) is 11.8 Å². The topological polar surface area (TPSA) is 122 Å². The highest BCUT2D eigenvalue weighted by Gasteiger charge is 2.20. The number of amides is 1. The van der Waals surface area contributed by atoms with Crippen LogP contribution in [0.25, 0.3) is 0 Å². The molecule has 0 saturated carbocycles. The molecule has 1 unspecified atom stereocenters. The second-order valence-corrected chi connectivity index (χ2v) is 5.01. The molecule has 0 radical (unpaired) electrons. The van der Waals surface area contributed by atoms with Gasteiger partial charge < -0.3 is 10.4 Å². The van der Waals surface area contributed by atoms with E-state index in [1.807, 2.05) is 0 Å². The lowest BCUT2D eigenvalue weighted by Gasteiger charge is -2.12. The lowest BCUT2D eigenvalue weighted by atomic mass is 10.3. The summed E-state index contributed by atoms with van der Waals surface area (Å²) in [6.45, 7) is 2.78. The van der Waals surface area contributed by atoms with Crippen LogP contribution in [0.3, 0.4) is 0 Å². The van der Waals surface area contributed by atoms with Gasteiger partial charge in [0.05, 0.1) is 4.92 Å². The first-order valence-electron chi connectivity index (χ1n) is 5.55. The number of carboxylic acids is 1. The van der Waals surface area contributed by atoms with Crippen molar-refractivity contribution in [3.63, 3.8) is 0 Å². The van der Waals surface area contributed by atoms with Gasteiger partial charge in [0.1, 0.15) is 11.1 Å². The molecule has 8 nitrogen and oxygen atoms in total. The van der Waals surface area contributed by atoms with Crippen molar-refractivity contribution in [2.45, 2.75) is 24.9 Å². The SMILES string of the molecule is CC(=O)NC(CSc1cc([N+](=O)[O-])c(C)cn1)C(=O)O. The van der Waals surface area contributed by atoms with Crippen molar-refractivity contribution < 1.29 is 19.6 Å². The summed E-state index contributed by atoms with van der Waals surface area (Å²) in [5.41, 5.74) is 0.352. The van der Waals surface area contributed by atoms with Crippen LogP contribution >= 0.6 is 11.8 Å². The third-order valence-corrected chi connectivity index (χ3v) is 3.34. The molecular weight excluding hydrogens is 286 g/mol. The number of aliphatic carboxylic acids is 1. The molecule has 0 aliphatic carbocycles. The molecule has 1 aromatic rings. The summed E-state index contributed by atoms with van der Waals surface area (Å²) in [4.78, 5) is 36.0. The molecule has 0 fully saturated rings. The van der Waals surface area contributed by atoms with Gasteiger partial charge in [-0.3, -0.25) is 14.9 Å². The molecule has 20 heavy (non-hydrogen) atoms. The molecule has 2 N–H and O–H groups in total. The van der Waals surface area contributed by atoms with Gasteiger partial charge >= 0.3 is 5.97 Å². The highest BCUT2D eigenvalue weighted by atomic mass is 32.2. The average Bonchev–Trinajstić information content (AvgIpc) is 2.34. The minimum atomic E-state index is -1.17. The largest absolute Gasteiger partial charge is 0.480 e. The first-order chi connectivity index (χ1) is 9.31. The number of nitrogens with one attached hydrogen (secondary N) is 1. The molecule has 1 aromatic heterocycles. The number of aryl methyl sites for hydroxylation is 1. The predicted octanol–water partition coefficient (Wildman–Crippen LogP) is 0.980. The molecule has 0 bridgehead atoms. The fraction of sp³-hybridized carbons (Fsp3) is 0.364. The first kappa shape index (κ1) is 15.9. The van der Waals surface area contributed by atoms with Gasteiger partial charge in [-0.05, 0) is 6.92 Å². The van der Waals surface area contributed by atoms with Crippen LogP contribution in [0.2, 0.25) is 0 Å². The predicted molar refractivity (Wildman–Crippen MR) is 71.6 cm³/mol. The number of carboxylic acid groups (broad SMARTS) is 1. The number of aromatic nitrogens is 1. The van der Waals surface area contributed by atoms with E-state index in [9.17, 15) is 19.7 Å². The molecule has 9 heteroatoms. The van der Waals surface area contributed by atoms with Gasteiger partial charge in [-0.2, -0.15) is 0 Å². The van der Waals surface area contributed by atoms with E-state index in [-0.39, 0.29) is 11.4 Å². The molecule has 1 atom stereocenters. The van der Waals surface area contributed by atoms with Gasteiger partial charge in [0.15, 0.2) is 0 Å². The summed E-state index contributed by atoms with van der Waals surface area (Å²) in [6, 6.07) is 0.215. The number of carbonyl (C=O) groups excluding carboxylic acids is 1. The Morgan fingerprint density at radius 3 is 2.75 bits per heavy atom. The number of rotatable bonds is 6. The fourth-order valence-corrected chi connectivity index (χ4v) is 2.24. The maximum absolute atomic E-state index is 10.9. The van der Waals surface area contributed by atoms with Crippen molar-refractivity contribution in [2.75, 3.05) is 5.75 Å². The van der Waals surface area contributed by atoms with Crippen LogP contribution < -0.4 is 5.32 Å². The molecule has 0 spiro atoms. The summed E-state index contributed by atoms with van der Waals surface area (Å²) in [6.07, 6.45) is 1.36. The number of nitrogens with zero attached hydrogens (tertiary/aromatic N) is 2. The molecule has 108 valence electrons. The van der Waals surface area contributed by atoms with Crippen LogP contribution in [0.5, 0.6) is 0 Å². The van der Waals surface area contributed by atoms with Crippen molar-refractivity contribution in [1.29, 1.82) is 0 Å². The van der Waals surface area contributed by atoms with E-state index in [2.05, 4.69) is 10.3 Å². The zero-order valence-electron chi connectivity index (χ0n) is 10.8. The van der Waals surface area contributed by atoms with Crippen LogP contribution in [0, 0.1) is 17.0 Å². The Morgan fingerprint density at radius 2 is 2.25 bits per heavy atom. The Morgan fingerprint density at radius 1 is 1.60 bits per heavy atom. The van der Waals surface area contributed by atoms with Crippen molar-refractivity contribution in [1.82, 2.24) is 10.3 Å². The number of carbonyl (C=O) groups is 2. The van der Waals surface area contributed by atoms with Crippen LogP contribution in [0.1, 0.15) is 12.5 Å². The van der Waals surface area contributed by atoms with E-state index in [4.69, 9.17) is 5.11 Å². The number of hydrogen-bond acceptors (Lipinski definition) is 6. The number of pyridine rings is 1. The maximum atomic E-state index is 10.9. The van der Waals surface area contributed by atoms with Crippen molar-refractivity contribution in [3.05, 3.63) is 27.9 Å². The van der Waals surface area contributed by atoms with Crippen molar-refractivity contribution in [3.8, 4) is 0 Å². The third kappa shape index (κ3) is 4.50. The second-order valence-electron chi connectivity index (χ2n) is 3.97. The molecule has 1 amide bonds. The highest BCUT2D eigenvalue weighted by Crippen LogP contribution is 2.24. The summed E-state index contributed by atoms with van der Waals surface area (Å²) < 4.78 is 0. The normalized spacial score (nSPS) is 11.7. The molecular formula is C11H13N3O5S. The Labute approximate surface area is 118 Å². The van der Waals surface area contributed by atoms with Crippen molar-refractivity contribution in [2.24, 2.45) is 0 Å². The molecule has 1 rings (SSSR count). The Balaban J connectivity index is 2.78. The summed E-state index contributed by atoms with van der Waals surface area (Å²) >= 11 is 1.03. The monoisotopic (exact) mass is 299 g/mol. The van der Waals surface area contributed by atoms with E-state index in [1.54, 1.807) is 6.92 Å². The minimum absolute atomic E-state index is 0.0299. The quantitative estimate of drug-likeness (QED) is 0.456. The van der Waals surface area contributed by atoms with Crippen LogP contribution in [0.4, 0.5) is 5.69 Å². The van der Waals surface area contributed by atoms with Gasteiger partial charge in [-0.25, -0.2) is 9.78 Å². The smallest absolute Gasteiger partial charge is 0.327 e. The molecule has 0 aliphatic heterocycles. The van der Waals surface area contributed by atoms with E-state index in [1.165, 1.54) is 19.2 Å². The average molecular weight is 299 g/mol. The van der Waals surface area contributed by atoms with E-state index in [0.29, 0.717) is 10.6 Å². The maximum Gasteiger partial charge on any atom is 0.327 e. The van der Waals surface area contributed by atoms with Gasteiger partial charge in [0, 0.05) is 30.5 Å². The summed E-state index contributed by atoms with van der Waals surface area (Å²) in [5, 5.41) is 22.3. The number of hydrogen-bond donors (Lipinski definition) is 2. The summed E-state index contributed by atoms with van der Waals surface area (Å²) in [7, 11) is 0. The van der Waals surface area contributed by atoms with Crippen LogP contribution in [-0.4, -0.2) is 38.7 Å². The number of nitro groups is 1. The van der Waals surface area contributed by atoms with Crippen molar-refractivity contribution >= 4 is 29.3 Å². The van der Waals surface area contributed by atoms with E-state index in [0.717, 1.165) is 11.8 Å². The Kier molecular flexibility index (Phi) is 5.44. The van der Waals surface area contributed by atoms with E-state index >= 15 is 0 Å². The van der Waals surface area contributed by atoms with Crippen LogP contribution in [-0.2, 0) is 9.59 Å². The molecule has 0 saturated heterocycles. The van der Waals surface area contributed by atoms with Crippen LogP contribution in [0.15, 0.2) is 17.3 Å². The van der Waals surface area contributed by atoms with Gasteiger partial charge in [0.25, 0.3) is 5.69 Å². The molecule has 1 heterocycles. The lowest BCUT2D eigenvalue weighted by Crippen LogP contribution is -2.41. The van der Waals surface area contributed by atoms with Gasteiger partial charge in [-0.1, -0.05) is 0 Å². The second kappa shape index (κ2) is 6.85. The summed E-state index contributed by atoms with van der Waals surface area (Å²) in [5.74, 6) is -1.60. The Hall–Kier alpha value is -2.16. The lowest BCUT2D eigenvalue weighted by molar-refractivity contribution is -0.385. The zero-order valence-corrected chi connectivity index (χ0v) is 11.6. The molecule has 0 aliphatic rings. The Bertz CT molecular complexity index is 549.